The SMILES string of the molecule is Cn1c(=O)c(-c2ccccc2Cl)cc2cnc(N[C@@H]3CCOC3)nc21. The summed E-state index contributed by atoms with van der Waals surface area (Å²) >= 11 is 6.25. The summed E-state index contributed by atoms with van der Waals surface area (Å²) in [5.74, 6) is 0.503. The number of anilines is 1. The van der Waals surface area contributed by atoms with Crippen molar-refractivity contribution in [1.29, 1.82) is 0 Å². The minimum atomic E-state index is -0.144. The molecule has 1 N–H and O–H groups in total. The van der Waals surface area contributed by atoms with E-state index < -0.39 is 0 Å². The molecule has 0 saturated carbocycles. The maximum Gasteiger partial charge on any atom is 0.259 e. The third kappa shape index (κ3) is 2.99. The number of nitrogens with one attached hydrogen (secondary N) is 1. The van der Waals surface area contributed by atoms with E-state index in [0.29, 0.717) is 34.4 Å². The minimum Gasteiger partial charge on any atom is -0.379 e. The van der Waals surface area contributed by atoms with Crippen molar-refractivity contribution in [2.75, 3.05) is 18.5 Å². The number of nitrogens with zero attached hydrogens (tertiary/aromatic N) is 3. The van der Waals surface area contributed by atoms with E-state index in [2.05, 4.69) is 15.3 Å². The third-order valence-electron chi connectivity index (χ3n) is 4.38. The van der Waals surface area contributed by atoms with Crippen molar-refractivity contribution >= 4 is 28.6 Å². The fraction of sp³-hybridized carbons (Fsp3) is 0.278. The summed E-state index contributed by atoms with van der Waals surface area (Å²) in [6, 6.07) is 9.30. The van der Waals surface area contributed by atoms with E-state index in [-0.39, 0.29) is 11.6 Å². The number of pyridine rings is 1. The second kappa shape index (κ2) is 6.46. The van der Waals surface area contributed by atoms with Gasteiger partial charge >= 0.3 is 0 Å². The van der Waals surface area contributed by atoms with E-state index in [0.717, 1.165) is 18.4 Å². The molecule has 1 aromatic carbocycles. The highest BCUT2D eigenvalue weighted by atomic mass is 35.5. The molecule has 0 unspecified atom stereocenters. The molecule has 4 rings (SSSR count). The molecule has 0 amide bonds. The molecule has 1 aliphatic heterocycles. The number of ether oxygens (including phenoxy) is 1. The van der Waals surface area contributed by atoms with Gasteiger partial charge in [0, 0.05) is 41.4 Å². The summed E-state index contributed by atoms with van der Waals surface area (Å²) in [7, 11) is 1.71. The first kappa shape index (κ1) is 16.1. The van der Waals surface area contributed by atoms with E-state index in [1.165, 1.54) is 4.57 Å². The van der Waals surface area contributed by atoms with Crippen LogP contribution in [0.15, 0.2) is 41.3 Å². The molecule has 1 saturated heterocycles. The predicted molar refractivity (Wildman–Crippen MR) is 98.1 cm³/mol. The lowest BCUT2D eigenvalue weighted by atomic mass is 10.1. The summed E-state index contributed by atoms with van der Waals surface area (Å²) in [5.41, 5.74) is 1.68. The van der Waals surface area contributed by atoms with Crippen molar-refractivity contribution in [3.8, 4) is 11.1 Å². The van der Waals surface area contributed by atoms with Crippen LogP contribution in [0.5, 0.6) is 0 Å². The van der Waals surface area contributed by atoms with E-state index in [1.807, 2.05) is 18.2 Å². The summed E-state index contributed by atoms with van der Waals surface area (Å²) < 4.78 is 6.88. The lowest BCUT2D eigenvalue weighted by Crippen LogP contribution is -2.23. The van der Waals surface area contributed by atoms with Crippen LogP contribution in [0.3, 0.4) is 0 Å². The van der Waals surface area contributed by atoms with E-state index in [4.69, 9.17) is 16.3 Å². The summed E-state index contributed by atoms with van der Waals surface area (Å²) in [6.45, 7) is 1.39. The zero-order chi connectivity index (χ0) is 17.4. The number of fused-ring (bicyclic) bond motifs is 1. The van der Waals surface area contributed by atoms with Crippen molar-refractivity contribution in [2.24, 2.45) is 7.05 Å². The lowest BCUT2D eigenvalue weighted by molar-refractivity contribution is 0.195. The molecule has 128 valence electrons. The van der Waals surface area contributed by atoms with Crippen molar-refractivity contribution in [3.63, 3.8) is 0 Å². The van der Waals surface area contributed by atoms with Gasteiger partial charge in [0.25, 0.3) is 5.56 Å². The monoisotopic (exact) mass is 356 g/mol. The van der Waals surface area contributed by atoms with Gasteiger partial charge in [0.15, 0.2) is 0 Å². The number of aryl methyl sites for hydroxylation is 1. The predicted octanol–water partition coefficient (Wildman–Crippen LogP) is 2.85. The Hall–Kier alpha value is -2.44. The molecule has 1 fully saturated rings. The topological polar surface area (TPSA) is 69.0 Å². The van der Waals surface area contributed by atoms with Crippen LogP contribution < -0.4 is 10.9 Å². The van der Waals surface area contributed by atoms with Gasteiger partial charge < -0.3 is 10.1 Å². The van der Waals surface area contributed by atoms with Crippen molar-refractivity contribution < 1.29 is 4.74 Å². The normalized spacial score (nSPS) is 17.1. The number of rotatable bonds is 3. The Morgan fingerprint density at radius 1 is 1.32 bits per heavy atom. The zero-order valence-electron chi connectivity index (χ0n) is 13.7. The van der Waals surface area contributed by atoms with Crippen LogP contribution in [0, 0.1) is 0 Å². The first-order valence-electron chi connectivity index (χ1n) is 8.09. The van der Waals surface area contributed by atoms with Gasteiger partial charge in [-0.15, -0.1) is 0 Å². The molecule has 3 aromatic rings. The van der Waals surface area contributed by atoms with Gasteiger partial charge in [0.1, 0.15) is 5.65 Å². The maximum atomic E-state index is 12.8. The molecule has 6 nitrogen and oxygen atoms in total. The Morgan fingerprint density at radius 3 is 2.92 bits per heavy atom. The Kier molecular flexibility index (Phi) is 4.15. The van der Waals surface area contributed by atoms with Gasteiger partial charge in [-0.05, 0) is 18.6 Å². The molecule has 7 heteroatoms. The average Bonchev–Trinajstić information content (AvgIpc) is 3.12. The molecule has 0 radical (unpaired) electrons. The molecular weight excluding hydrogens is 340 g/mol. The van der Waals surface area contributed by atoms with Crippen molar-refractivity contribution in [1.82, 2.24) is 14.5 Å². The summed E-state index contributed by atoms with van der Waals surface area (Å²) in [4.78, 5) is 21.7. The Labute approximate surface area is 149 Å². The van der Waals surface area contributed by atoms with Gasteiger partial charge in [0.2, 0.25) is 5.95 Å². The van der Waals surface area contributed by atoms with Crippen molar-refractivity contribution in [2.45, 2.75) is 12.5 Å². The van der Waals surface area contributed by atoms with Crippen LogP contribution in [-0.2, 0) is 11.8 Å². The molecule has 0 bridgehead atoms. The highest BCUT2D eigenvalue weighted by Crippen LogP contribution is 2.27. The minimum absolute atomic E-state index is 0.144. The molecule has 1 atom stereocenters. The second-order valence-electron chi connectivity index (χ2n) is 6.08. The van der Waals surface area contributed by atoms with Crippen LogP contribution in [-0.4, -0.2) is 33.8 Å². The molecule has 2 aromatic heterocycles. The van der Waals surface area contributed by atoms with Gasteiger partial charge in [-0.2, -0.15) is 4.98 Å². The van der Waals surface area contributed by atoms with Crippen LogP contribution in [0.2, 0.25) is 5.02 Å². The Morgan fingerprint density at radius 2 is 2.16 bits per heavy atom. The third-order valence-corrected chi connectivity index (χ3v) is 4.71. The quantitative estimate of drug-likeness (QED) is 0.781. The highest BCUT2D eigenvalue weighted by Gasteiger charge is 2.17. The first-order chi connectivity index (χ1) is 12.1. The molecular formula is C18H17ClN4O2. The second-order valence-corrected chi connectivity index (χ2v) is 6.49. The standard InChI is InChI=1S/C18H17ClN4O2/c1-23-16-11(9-20-18(22-16)21-12-6-7-25-10-12)8-14(17(23)24)13-4-2-3-5-15(13)19/h2-5,8-9,12H,6-7,10H2,1H3,(H,20,21,22)/t12-/m1/s1. The summed E-state index contributed by atoms with van der Waals surface area (Å²) in [5, 5.41) is 4.58. The number of hydrogen-bond acceptors (Lipinski definition) is 5. The van der Waals surface area contributed by atoms with E-state index in [9.17, 15) is 4.79 Å². The van der Waals surface area contributed by atoms with Crippen LogP contribution >= 0.6 is 11.6 Å². The molecule has 0 aliphatic carbocycles. The fourth-order valence-electron chi connectivity index (χ4n) is 3.02. The average molecular weight is 357 g/mol. The van der Waals surface area contributed by atoms with Gasteiger partial charge in [-0.1, -0.05) is 29.8 Å². The highest BCUT2D eigenvalue weighted by molar-refractivity contribution is 6.33. The van der Waals surface area contributed by atoms with E-state index >= 15 is 0 Å². The van der Waals surface area contributed by atoms with Crippen LogP contribution in [0.1, 0.15) is 6.42 Å². The zero-order valence-corrected chi connectivity index (χ0v) is 14.5. The molecule has 0 spiro atoms. The number of halogens is 1. The number of benzene rings is 1. The lowest BCUT2D eigenvalue weighted by Gasteiger charge is -2.13. The molecule has 1 aliphatic rings. The van der Waals surface area contributed by atoms with Crippen LogP contribution in [0.4, 0.5) is 5.95 Å². The number of aromatic nitrogens is 3. The van der Waals surface area contributed by atoms with E-state index in [1.54, 1.807) is 25.4 Å². The summed E-state index contributed by atoms with van der Waals surface area (Å²) in [6.07, 6.45) is 2.64. The molecule has 3 heterocycles. The Bertz CT molecular complexity index is 996. The molecule has 25 heavy (non-hydrogen) atoms. The maximum absolute atomic E-state index is 12.8. The van der Waals surface area contributed by atoms with Gasteiger partial charge in [0.05, 0.1) is 12.6 Å². The fourth-order valence-corrected chi connectivity index (χ4v) is 3.26. The largest absolute Gasteiger partial charge is 0.379 e. The van der Waals surface area contributed by atoms with Gasteiger partial charge in [-0.25, -0.2) is 4.98 Å². The smallest absolute Gasteiger partial charge is 0.259 e. The first-order valence-corrected chi connectivity index (χ1v) is 8.47. The van der Waals surface area contributed by atoms with Crippen molar-refractivity contribution in [3.05, 3.63) is 51.9 Å². The Balaban J connectivity index is 1.80. The van der Waals surface area contributed by atoms with Gasteiger partial charge in [-0.3, -0.25) is 9.36 Å². The van der Waals surface area contributed by atoms with Crippen LogP contribution in [0.25, 0.3) is 22.2 Å². The number of hydrogen-bond donors (Lipinski definition) is 1.